The van der Waals surface area contributed by atoms with Crippen LogP contribution in [0.4, 0.5) is 0 Å². The van der Waals surface area contributed by atoms with Crippen molar-refractivity contribution in [1.82, 2.24) is 0 Å². The van der Waals surface area contributed by atoms with E-state index < -0.39 is 6.10 Å². The molecule has 1 N–H and O–H groups in total. The molecule has 0 bridgehead atoms. The maximum absolute atomic E-state index is 10.4. The molecule has 1 unspecified atom stereocenters. The number of aryl methyl sites for hydroxylation is 1. The van der Waals surface area contributed by atoms with Crippen LogP contribution in [0.5, 0.6) is 0 Å². The van der Waals surface area contributed by atoms with E-state index in [0.29, 0.717) is 10.9 Å². The van der Waals surface area contributed by atoms with Crippen LogP contribution >= 0.6 is 11.6 Å². The van der Waals surface area contributed by atoms with E-state index in [9.17, 15) is 5.11 Å². The van der Waals surface area contributed by atoms with Crippen LogP contribution in [-0.2, 0) is 0 Å². The molecule has 1 nitrogen and oxygen atoms in total. The largest absolute Gasteiger partial charge is 0.384 e. The van der Waals surface area contributed by atoms with Gasteiger partial charge in [0.05, 0.1) is 0 Å². The summed E-state index contributed by atoms with van der Waals surface area (Å²) in [5.41, 5.74) is 3.99. The molecule has 0 aliphatic rings. The van der Waals surface area contributed by atoms with Crippen LogP contribution in [0.15, 0.2) is 42.5 Å². The molecule has 0 saturated heterocycles. The van der Waals surface area contributed by atoms with Crippen LogP contribution in [0, 0.1) is 6.92 Å². The minimum Gasteiger partial charge on any atom is -0.384 e. The lowest BCUT2D eigenvalue weighted by Crippen LogP contribution is -2.01. The maximum atomic E-state index is 10.4. The van der Waals surface area contributed by atoms with Crippen molar-refractivity contribution >= 4 is 11.6 Å². The molecule has 0 fully saturated rings. The van der Waals surface area contributed by atoms with Crippen LogP contribution in [0.2, 0.25) is 5.02 Å². The van der Waals surface area contributed by atoms with E-state index in [1.807, 2.05) is 37.3 Å². The van der Waals surface area contributed by atoms with Crippen LogP contribution in [0.25, 0.3) is 0 Å². The summed E-state index contributed by atoms with van der Waals surface area (Å²) in [6.45, 7) is 6.30. The molecule has 2 rings (SSSR count). The normalized spacial score (nSPS) is 12.7. The summed E-state index contributed by atoms with van der Waals surface area (Å²) in [5, 5.41) is 11.0. The summed E-state index contributed by atoms with van der Waals surface area (Å²) < 4.78 is 0. The zero-order valence-electron chi connectivity index (χ0n) is 11.5. The van der Waals surface area contributed by atoms with E-state index in [2.05, 4.69) is 26.0 Å². The lowest BCUT2D eigenvalue weighted by molar-refractivity contribution is 0.220. The van der Waals surface area contributed by atoms with Crippen LogP contribution < -0.4 is 0 Å². The van der Waals surface area contributed by atoms with E-state index in [-0.39, 0.29) is 0 Å². The number of aliphatic hydroxyl groups excluding tert-OH is 1. The fourth-order valence-corrected chi connectivity index (χ4v) is 2.44. The highest BCUT2D eigenvalue weighted by Crippen LogP contribution is 2.29. The van der Waals surface area contributed by atoms with Gasteiger partial charge in [-0.3, -0.25) is 0 Å². The highest BCUT2D eigenvalue weighted by atomic mass is 35.5. The molecule has 100 valence electrons. The van der Waals surface area contributed by atoms with Crippen molar-refractivity contribution in [2.45, 2.75) is 32.8 Å². The summed E-state index contributed by atoms with van der Waals surface area (Å²) in [6.07, 6.45) is -0.672. The van der Waals surface area contributed by atoms with Gasteiger partial charge in [-0.25, -0.2) is 0 Å². The van der Waals surface area contributed by atoms with Gasteiger partial charge in [-0.05, 0) is 35.6 Å². The van der Waals surface area contributed by atoms with Gasteiger partial charge in [-0.1, -0.05) is 61.8 Å². The number of hydrogen-bond donors (Lipinski definition) is 1. The maximum Gasteiger partial charge on any atom is 0.105 e. The fourth-order valence-electron chi connectivity index (χ4n) is 2.10. The number of rotatable bonds is 3. The minimum absolute atomic E-state index is 0.495. The lowest BCUT2D eigenvalue weighted by Gasteiger charge is -2.15. The Labute approximate surface area is 119 Å². The van der Waals surface area contributed by atoms with Gasteiger partial charge in [0.25, 0.3) is 0 Å². The Morgan fingerprint density at radius 3 is 2.05 bits per heavy atom. The van der Waals surface area contributed by atoms with Crippen LogP contribution in [0.3, 0.4) is 0 Å². The second kappa shape index (κ2) is 5.77. The van der Waals surface area contributed by atoms with E-state index >= 15 is 0 Å². The van der Waals surface area contributed by atoms with Crippen LogP contribution in [-0.4, -0.2) is 5.11 Å². The second-order valence-electron chi connectivity index (χ2n) is 5.25. The van der Waals surface area contributed by atoms with E-state index in [0.717, 1.165) is 16.7 Å². The molecule has 0 aromatic heterocycles. The summed E-state index contributed by atoms with van der Waals surface area (Å²) in [6, 6.07) is 13.8. The Balaban J connectivity index is 2.30. The lowest BCUT2D eigenvalue weighted by atomic mass is 9.96. The molecule has 2 heteroatoms. The average Bonchev–Trinajstić information content (AvgIpc) is 2.38. The average molecular weight is 275 g/mol. The zero-order chi connectivity index (χ0) is 14.0. The van der Waals surface area contributed by atoms with E-state index in [1.54, 1.807) is 0 Å². The highest BCUT2D eigenvalue weighted by Gasteiger charge is 2.14. The molecule has 0 aliphatic heterocycles. The van der Waals surface area contributed by atoms with Gasteiger partial charge in [0.15, 0.2) is 0 Å². The molecule has 2 aromatic carbocycles. The first kappa shape index (κ1) is 14.1. The Morgan fingerprint density at radius 1 is 0.947 bits per heavy atom. The molecule has 0 heterocycles. The molecule has 2 aromatic rings. The minimum atomic E-state index is -0.672. The Bertz CT molecular complexity index is 558. The van der Waals surface area contributed by atoms with Gasteiger partial charge >= 0.3 is 0 Å². The van der Waals surface area contributed by atoms with Gasteiger partial charge in [0.1, 0.15) is 6.10 Å². The first-order valence-corrected chi connectivity index (χ1v) is 6.91. The number of benzene rings is 2. The summed E-state index contributed by atoms with van der Waals surface area (Å²) in [7, 11) is 0. The predicted molar refractivity (Wildman–Crippen MR) is 80.8 cm³/mol. The molecule has 1 atom stereocenters. The fraction of sp³-hybridized carbons (Fsp3) is 0.294. The quantitative estimate of drug-likeness (QED) is 0.848. The monoisotopic (exact) mass is 274 g/mol. The third-order valence-electron chi connectivity index (χ3n) is 3.37. The smallest absolute Gasteiger partial charge is 0.105 e. The molecule has 0 spiro atoms. The van der Waals surface area contributed by atoms with Crippen molar-refractivity contribution in [3.05, 3.63) is 69.7 Å². The van der Waals surface area contributed by atoms with Crippen molar-refractivity contribution in [1.29, 1.82) is 0 Å². The third kappa shape index (κ3) is 3.17. The summed E-state index contributed by atoms with van der Waals surface area (Å²) in [5.74, 6) is 0.495. The first-order valence-electron chi connectivity index (χ1n) is 6.53. The van der Waals surface area contributed by atoms with E-state index in [4.69, 9.17) is 11.6 Å². The Hall–Kier alpha value is -1.31. The molecule has 0 radical (unpaired) electrons. The van der Waals surface area contributed by atoms with Gasteiger partial charge < -0.3 is 5.11 Å². The van der Waals surface area contributed by atoms with Crippen molar-refractivity contribution in [3.63, 3.8) is 0 Å². The van der Waals surface area contributed by atoms with Gasteiger partial charge in [-0.2, -0.15) is 0 Å². The van der Waals surface area contributed by atoms with Crippen molar-refractivity contribution in [2.24, 2.45) is 0 Å². The van der Waals surface area contributed by atoms with Crippen molar-refractivity contribution in [2.75, 3.05) is 0 Å². The summed E-state index contributed by atoms with van der Waals surface area (Å²) in [4.78, 5) is 0. The molecular formula is C17H19ClO. The van der Waals surface area contributed by atoms with Gasteiger partial charge in [-0.15, -0.1) is 0 Å². The van der Waals surface area contributed by atoms with Crippen molar-refractivity contribution < 1.29 is 5.11 Å². The first-order chi connectivity index (χ1) is 8.99. The second-order valence-corrected chi connectivity index (χ2v) is 5.66. The Morgan fingerprint density at radius 2 is 1.53 bits per heavy atom. The molecule has 0 aliphatic carbocycles. The number of hydrogen-bond acceptors (Lipinski definition) is 1. The third-order valence-corrected chi connectivity index (χ3v) is 3.70. The molecular weight excluding hydrogens is 256 g/mol. The van der Waals surface area contributed by atoms with E-state index in [1.165, 1.54) is 5.56 Å². The SMILES string of the molecule is Cc1ccc(C(O)c2ccc(C(C)C)cc2)c(Cl)c1. The zero-order valence-corrected chi connectivity index (χ0v) is 12.3. The van der Waals surface area contributed by atoms with Gasteiger partial charge in [0, 0.05) is 10.6 Å². The molecule has 0 amide bonds. The number of halogens is 1. The predicted octanol–water partition coefficient (Wildman–Crippen LogP) is 4.85. The van der Waals surface area contributed by atoms with Gasteiger partial charge in [0.2, 0.25) is 0 Å². The molecule has 19 heavy (non-hydrogen) atoms. The molecule has 0 saturated carbocycles. The Kier molecular flexibility index (Phi) is 4.28. The van der Waals surface area contributed by atoms with Crippen LogP contribution in [0.1, 0.15) is 48.1 Å². The number of aliphatic hydroxyl groups is 1. The summed E-state index contributed by atoms with van der Waals surface area (Å²) >= 11 is 6.20. The van der Waals surface area contributed by atoms with Crippen molar-refractivity contribution in [3.8, 4) is 0 Å². The standard InChI is InChI=1S/C17H19ClO/c1-11(2)13-5-7-14(8-6-13)17(19)15-9-4-12(3)10-16(15)18/h4-11,17,19H,1-3H3. The topological polar surface area (TPSA) is 20.2 Å². The highest BCUT2D eigenvalue weighted by molar-refractivity contribution is 6.31.